The van der Waals surface area contributed by atoms with Crippen LogP contribution >= 0.6 is 0 Å². The Morgan fingerprint density at radius 1 is 1.13 bits per heavy atom. The number of nitrogens with one attached hydrogen (secondary N) is 2. The third-order valence-electron chi connectivity index (χ3n) is 4.89. The van der Waals surface area contributed by atoms with E-state index in [0.29, 0.717) is 5.56 Å². The average molecular weight is 414 g/mol. The van der Waals surface area contributed by atoms with Crippen LogP contribution in [0.5, 0.6) is 0 Å². The van der Waals surface area contributed by atoms with Crippen molar-refractivity contribution in [1.82, 2.24) is 29.4 Å². The second-order valence-corrected chi connectivity index (χ2v) is 7.68. The van der Waals surface area contributed by atoms with Gasteiger partial charge in [0.25, 0.3) is 11.5 Å². The number of rotatable bonds is 6. The van der Waals surface area contributed by atoms with E-state index in [2.05, 4.69) is 15.7 Å². The first-order valence-electron chi connectivity index (χ1n) is 9.86. The summed E-state index contributed by atoms with van der Waals surface area (Å²) in [5.41, 5.74) is -0.320. The van der Waals surface area contributed by atoms with Gasteiger partial charge in [-0.3, -0.25) is 19.0 Å². The number of hydrogen-bond donors (Lipinski definition) is 2. The van der Waals surface area contributed by atoms with Gasteiger partial charge in [0.2, 0.25) is 11.7 Å². The van der Waals surface area contributed by atoms with Crippen LogP contribution in [0.25, 0.3) is 16.7 Å². The normalized spacial score (nSPS) is 12.5. The van der Waals surface area contributed by atoms with Crippen LogP contribution in [0.1, 0.15) is 44.5 Å². The zero-order chi connectivity index (χ0) is 22.2. The molecule has 1 atom stereocenters. The third kappa shape index (κ3) is 3.85. The molecule has 30 heavy (non-hydrogen) atoms. The summed E-state index contributed by atoms with van der Waals surface area (Å²) in [5.74, 6) is -0.565. The lowest BCUT2D eigenvalue weighted by Gasteiger charge is -2.12. The molecule has 2 aromatic heterocycles. The summed E-state index contributed by atoms with van der Waals surface area (Å²) in [7, 11) is 1.51. The molecule has 2 heterocycles. The summed E-state index contributed by atoms with van der Waals surface area (Å²) in [6.07, 6.45) is 0.773. The van der Waals surface area contributed by atoms with Crippen LogP contribution in [0, 0.1) is 0 Å². The first kappa shape index (κ1) is 21.3. The van der Waals surface area contributed by atoms with Crippen molar-refractivity contribution >= 4 is 28.5 Å². The molecule has 3 aromatic rings. The zero-order valence-corrected chi connectivity index (χ0v) is 17.7. The van der Waals surface area contributed by atoms with Crippen molar-refractivity contribution in [3.63, 3.8) is 0 Å². The van der Waals surface area contributed by atoms with Crippen molar-refractivity contribution in [2.75, 3.05) is 0 Å². The lowest BCUT2D eigenvalue weighted by atomic mass is 10.1. The average Bonchev–Trinajstić information content (AvgIpc) is 3.01. The molecule has 10 heteroatoms. The van der Waals surface area contributed by atoms with Crippen molar-refractivity contribution < 1.29 is 9.59 Å². The lowest BCUT2D eigenvalue weighted by Crippen LogP contribution is -2.36. The fourth-order valence-electron chi connectivity index (χ4n) is 3.15. The van der Waals surface area contributed by atoms with Crippen LogP contribution in [0.15, 0.2) is 27.8 Å². The summed E-state index contributed by atoms with van der Waals surface area (Å²) >= 11 is 0. The monoisotopic (exact) mass is 414 g/mol. The molecule has 0 aliphatic carbocycles. The molecule has 1 aromatic carbocycles. The molecule has 2 amide bonds. The molecule has 0 fully saturated rings. The van der Waals surface area contributed by atoms with E-state index in [9.17, 15) is 19.2 Å². The summed E-state index contributed by atoms with van der Waals surface area (Å²) in [6, 6.07) is 4.49. The van der Waals surface area contributed by atoms with Gasteiger partial charge in [-0.05, 0) is 45.4 Å². The highest BCUT2D eigenvalue weighted by atomic mass is 16.2. The van der Waals surface area contributed by atoms with Crippen molar-refractivity contribution in [2.24, 2.45) is 7.05 Å². The smallest absolute Gasteiger partial charge is 0.352 e. The number of nitrogens with zero attached hydrogens (tertiary/aromatic N) is 4. The number of fused-ring (bicyclic) bond motifs is 3. The van der Waals surface area contributed by atoms with Gasteiger partial charge < -0.3 is 10.6 Å². The first-order chi connectivity index (χ1) is 14.1. The Morgan fingerprint density at radius 2 is 1.83 bits per heavy atom. The fourth-order valence-corrected chi connectivity index (χ4v) is 3.15. The number of aryl methyl sites for hydroxylation is 1. The van der Waals surface area contributed by atoms with Gasteiger partial charge in [-0.1, -0.05) is 6.92 Å². The van der Waals surface area contributed by atoms with E-state index in [1.165, 1.54) is 28.1 Å². The van der Waals surface area contributed by atoms with E-state index in [1.54, 1.807) is 6.07 Å². The van der Waals surface area contributed by atoms with Gasteiger partial charge in [-0.15, -0.1) is 5.10 Å². The SMILES string of the molecule is CCC(C)NC(=O)c1ccc2c(=O)n(C)c3nn(CC(=O)NC(C)C)c(=O)n3c2c1. The molecule has 0 aliphatic rings. The lowest BCUT2D eigenvalue weighted by molar-refractivity contribution is -0.122. The second kappa shape index (κ2) is 8.13. The van der Waals surface area contributed by atoms with Gasteiger partial charge in [0.1, 0.15) is 6.54 Å². The number of aromatic nitrogens is 4. The maximum atomic E-state index is 13.0. The third-order valence-corrected chi connectivity index (χ3v) is 4.89. The summed E-state index contributed by atoms with van der Waals surface area (Å²) < 4.78 is 3.51. The predicted octanol–water partition coefficient (Wildman–Crippen LogP) is 0.401. The fraction of sp³-hybridized carbons (Fsp3) is 0.450. The van der Waals surface area contributed by atoms with E-state index in [-0.39, 0.29) is 52.7 Å². The topological polar surface area (TPSA) is 120 Å². The zero-order valence-electron chi connectivity index (χ0n) is 17.7. The van der Waals surface area contributed by atoms with E-state index in [1.807, 2.05) is 27.7 Å². The molecule has 0 radical (unpaired) electrons. The van der Waals surface area contributed by atoms with Crippen LogP contribution < -0.4 is 21.9 Å². The van der Waals surface area contributed by atoms with Crippen molar-refractivity contribution in [1.29, 1.82) is 0 Å². The minimum atomic E-state index is -0.566. The molecule has 0 bridgehead atoms. The maximum Gasteiger partial charge on any atom is 0.352 e. The molecule has 0 saturated carbocycles. The maximum absolute atomic E-state index is 13.0. The molecule has 3 rings (SSSR count). The van der Waals surface area contributed by atoms with Crippen LogP contribution in [-0.2, 0) is 18.4 Å². The van der Waals surface area contributed by atoms with Crippen LogP contribution in [0.4, 0.5) is 0 Å². The molecule has 0 aliphatic heterocycles. The van der Waals surface area contributed by atoms with Gasteiger partial charge in [0, 0.05) is 24.7 Å². The van der Waals surface area contributed by atoms with Crippen LogP contribution in [-0.4, -0.2) is 42.6 Å². The molecule has 2 N–H and O–H groups in total. The quantitative estimate of drug-likeness (QED) is 0.605. The molecular weight excluding hydrogens is 388 g/mol. The largest absolute Gasteiger partial charge is 0.352 e. The Bertz CT molecular complexity index is 1250. The van der Waals surface area contributed by atoms with Crippen molar-refractivity contribution in [3.8, 4) is 0 Å². The molecule has 1 unspecified atom stereocenters. The standard InChI is InChI=1S/C20H26N6O4/c1-6-12(4)22-17(28)13-7-8-14-15(9-13)26-19(24(5)18(14)29)23-25(20(26)30)10-16(27)21-11(2)3/h7-9,11-12H,6,10H2,1-5H3,(H,21,27)(H,22,28). The highest BCUT2D eigenvalue weighted by molar-refractivity contribution is 5.98. The van der Waals surface area contributed by atoms with E-state index >= 15 is 0 Å². The van der Waals surface area contributed by atoms with Crippen LogP contribution in [0.2, 0.25) is 0 Å². The summed E-state index contributed by atoms with van der Waals surface area (Å²) in [5, 5.41) is 10.0. The van der Waals surface area contributed by atoms with Gasteiger partial charge in [-0.25, -0.2) is 13.9 Å². The molecular formula is C20H26N6O4. The highest BCUT2D eigenvalue weighted by Crippen LogP contribution is 2.14. The molecule has 0 saturated heterocycles. The van der Waals surface area contributed by atoms with E-state index in [4.69, 9.17) is 0 Å². The van der Waals surface area contributed by atoms with Gasteiger partial charge in [-0.2, -0.15) is 0 Å². The van der Waals surface area contributed by atoms with Gasteiger partial charge in [0.15, 0.2) is 0 Å². The Balaban J connectivity index is 2.19. The summed E-state index contributed by atoms with van der Waals surface area (Å²) in [4.78, 5) is 50.4. The first-order valence-corrected chi connectivity index (χ1v) is 9.86. The van der Waals surface area contributed by atoms with E-state index < -0.39 is 5.69 Å². The minimum Gasteiger partial charge on any atom is -0.352 e. The van der Waals surface area contributed by atoms with Crippen molar-refractivity contribution in [3.05, 3.63) is 44.6 Å². The Labute approximate surface area is 172 Å². The van der Waals surface area contributed by atoms with Crippen molar-refractivity contribution in [2.45, 2.75) is 52.7 Å². The number of amides is 2. The highest BCUT2D eigenvalue weighted by Gasteiger charge is 2.19. The van der Waals surface area contributed by atoms with Crippen LogP contribution in [0.3, 0.4) is 0 Å². The van der Waals surface area contributed by atoms with Gasteiger partial charge in [0.05, 0.1) is 10.9 Å². The Kier molecular flexibility index (Phi) is 5.77. The number of carbonyl (C=O) groups is 2. The predicted molar refractivity (Wildman–Crippen MR) is 113 cm³/mol. The second-order valence-electron chi connectivity index (χ2n) is 7.68. The molecule has 10 nitrogen and oxygen atoms in total. The molecule has 160 valence electrons. The minimum absolute atomic E-state index is 0.0122. The number of hydrogen-bond acceptors (Lipinski definition) is 5. The number of carbonyl (C=O) groups excluding carboxylic acids is 2. The Morgan fingerprint density at radius 3 is 2.47 bits per heavy atom. The van der Waals surface area contributed by atoms with Gasteiger partial charge >= 0.3 is 5.69 Å². The van der Waals surface area contributed by atoms with E-state index in [0.717, 1.165) is 11.1 Å². The molecule has 0 spiro atoms. The Hall–Kier alpha value is -3.43. The number of benzene rings is 1. The summed E-state index contributed by atoms with van der Waals surface area (Å²) in [6.45, 7) is 7.20.